The molecule has 31 heavy (non-hydrogen) atoms. The van der Waals surface area contributed by atoms with E-state index in [-0.39, 0.29) is 30.7 Å². The van der Waals surface area contributed by atoms with Crippen molar-refractivity contribution in [2.75, 3.05) is 39.5 Å². The first-order valence-corrected chi connectivity index (χ1v) is 16.1. The van der Waals surface area contributed by atoms with E-state index in [0.29, 0.717) is 0 Å². The van der Waals surface area contributed by atoms with E-state index in [4.69, 9.17) is 18.3 Å². The van der Waals surface area contributed by atoms with Crippen molar-refractivity contribution in [3.63, 3.8) is 0 Å². The van der Waals surface area contributed by atoms with Crippen LogP contribution in [0.4, 0.5) is 0 Å². The van der Waals surface area contributed by atoms with Crippen LogP contribution in [0.2, 0.25) is 12.1 Å². The molecule has 1 N–H and O–H groups in total. The summed E-state index contributed by atoms with van der Waals surface area (Å²) >= 11 is 0. The zero-order valence-electron chi connectivity index (χ0n) is 21.9. The quantitative estimate of drug-likeness (QED) is 0.165. The van der Waals surface area contributed by atoms with Gasteiger partial charge < -0.3 is 23.6 Å². The van der Waals surface area contributed by atoms with Gasteiger partial charge in [-0.05, 0) is 66.5 Å². The molecule has 7 heteroatoms. The summed E-state index contributed by atoms with van der Waals surface area (Å²) in [6.45, 7) is 18.1. The third kappa shape index (κ3) is 23.2. The van der Waals surface area contributed by atoms with Gasteiger partial charge in [0.2, 0.25) is 0 Å². The molecule has 0 bridgehead atoms. The van der Waals surface area contributed by atoms with Crippen molar-refractivity contribution in [1.29, 1.82) is 0 Å². The molecule has 0 amide bonds. The molecule has 0 aliphatic carbocycles. The number of ether oxygens (including phenoxy) is 2. The maximum atomic E-state index is 6.12. The lowest BCUT2D eigenvalue weighted by Crippen LogP contribution is -2.44. The lowest BCUT2D eigenvalue weighted by atomic mass is 10.1. The minimum Gasteiger partial charge on any atom is -0.424 e. The Hall–Kier alpha value is 0.234. The highest BCUT2D eigenvalue weighted by Gasteiger charge is 2.22. The molecule has 0 rings (SSSR count). The molecular weight excluding hydrogens is 422 g/mol. The molecule has 0 atom stereocenters. The fourth-order valence-corrected chi connectivity index (χ4v) is 5.53. The summed E-state index contributed by atoms with van der Waals surface area (Å²) in [5, 5.41) is 3.56. The minimum atomic E-state index is -0.239. The summed E-state index contributed by atoms with van der Waals surface area (Å²) in [4.78, 5) is 0. The second-order valence-corrected chi connectivity index (χ2v) is 12.8. The molecular formula is C24H55NO4Si2. The van der Waals surface area contributed by atoms with Crippen molar-refractivity contribution in [3.05, 3.63) is 0 Å². The minimum absolute atomic E-state index is 0.136. The first kappa shape index (κ1) is 31.2. The Morgan fingerprint density at radius 3 is 1.35 bits per heavy atom. The molecule has 0 saturated carbocycles. The predicted octanol–water partition coefficient (Wildman–Crippen LogP) is 4.36. The van der Waals surface area contributed by atoms with Gasteiger partial charge in [0, 0.05) is 39.5 Å². The molecule has 0 aliphatic rings. The first-order chi connectivity index (χ1) is 14.8. The van der Waals surface area contributed by atoms with E-state index in [9.17, 15) is 0 Å². The van der Waals surface area contributed by atoms with Gasteiger partial charge in [-0.2, -0.15) is 0 Å². The average Bonchev–Trinajstić information content (AvgIpc) is 2.71. The average molecular weight is 478 g/mol. The Bertz CT molecular complexity index is 351. The molecule has 0 aliphatic heterocycles. The van der Waals surface area contributed by atoms with Gasteiger partial charge in [-0.15, -0.1) is 0 Å². The van der Waals surface area contributed by atoms with Crippen LogP contribution in [0, 0.1) is 0 Å². The Morgan fingerprint density at radius 1 is 0.581 bits per heavy atom. The van der Waals surface area contributed by atoms with Crippen LogP contribution in [0.15, 0.2) is 0 Å². The normalized spacial score (nSPS) is 13.4. The molecule has 0 saturated heterocycles. The van der Waals surface area contributed by atoms with E-state index in [2.05, 4.69) is 46.9 Å². The fourth-order valence-electron chi connectivity index (χ4n) is 3.43. The highest BCUT2D eigenvalue weighted by atomic mass is 28.2. The van der Waals surface area contributed by atoms with E-state index >= 15 is 0 Å². The highest BCUT2D eigenvalue weighted by Crippen LogP contribution is 2.13. The van der Waals surface area contributed by atoms with Gasteiger partial charge in [-0.3, -0.25) is 0 Å². The lowest BCUT2D eigenvalue weighted by Gasteiger charge is -2.30. The van der Waals surface area contributed by atoms with E-state index in [1.54, 1.807) is 0 Å². The summed E-state index contributed by atoms with van der Waals surface area (Å²) in [7, 11) is -0.477. The van der Waals surface area contributed by atoms with Crippen LogP contribution in [0.1, 0.15) is 92.9 Å². The van der Waals surface area contributed by atoms with Gasteiger partial charge in [0.25, 0.3) is 0 Å². The monoisotopic (exact) mass is 477 g/mol. The SMILES string of the molecule is CCO[SiH2]CCCCCCOC(C)(C)CNCC(C)(C)OCCCCCC[SiH2]OCC. The Morgan fingerprint density at radius 2 is 0.968 bits per heavy atom. The van der Waals surface area contributed by atoms with Crippen LogP contribution in [0.25, 0.3) is 0 Å². The van der Waals surface area contributed by atoms with Crippen LogP contribution in [0.5, 0.6) is 0 Å². The van der Waals surface area contributed by atoms with Crippen molar-refractivity contribution in [2.45, 2.75) is 116 Å². The topological polar surface area (TPSA) is 49.0 Å². The number of unbranched alkanes of at least 4 members (excludes halogenated alkanes) is 6. The molecule has 0 radical (unpaired) electrons. The first-order valence-electron chi connectivity index (χ1n) is 13.0. The third-order valence-corrected chi connectivity index (χ3v) is 8.33. The molecule has 0 aromatic heterocycles. The van der Waals surface area contributed by atoms with Crippen LogP contribution in [-0.2, 0) is 18.3 Å². The van der Waals surface area contributed by atoms with Crippen molar-refractivity contribution in [1.82, 2.24) is 5.32 Å². The predicted molar refractivity (Wildman–Crippen MR) is 140 cm³/mol. The number of nitrogens with one attached hydrogen (secondary N) is 1. The van der Waals surface area contributed by atoms with Crippen molar-refractivity contribution in [2.24, 2.45) is 0 Å². The number of hydrogen-bond acceptors (Lipinski definition) is 5. The van der Waals surface area contributed by atoms with E-state index in [1.165, 1.54) is 50.6 Å². The summed E-state index contributed by atoms with van der Waals surface area (Å²) in [6.07, 6.45) is 10.1. The zero-order chi connectivity index (χ0) is 23.3. The number of rotatable bonds is 24. The van der Waals surface area contributed by atoms with E-state index < -0.39 is 0 Å². The maximum absolute atomic E-state index is 6.12. The Labute approximate surface area is 199 Å². The van der Waals surface area contributed by atoms with Crippen LogP contribution < -0.4 is 5.32 Å². The molecule has 0 unspecified atom stereocenters. The Kier molecular flexibility index (Phi) is 21.0. The van der Waals surface area contributed by atoms with E-state index in [1.807, 2.05) is 0 Å². The van der Waals surface area contributed by atoms with Crippen molar-refractivity contribution < 1.29 is 18.3 Å². The molecule has 5 nitrogen and oxygen atoms in total. The molecule has 0 heterocycles. The van der Waals surface area contributed by atoms with Gasteiger partial charge in [0.1, 0.15) is 0 Å². The summed E-state index contributed by atoms with van der Waals surface area (Å²) in [5.41, 5.74) is -0.272. The standard InChI is InChI=1S/C24H55NO4Si2/c1-7-28-30-19-15-11-9-13-17-26-23(3,4)21-25-22-24(5,6)27-18-14-10-12-16-20-31-29-8-2/h25H,7-22,30-31H2,1-6H3. The molecule has 0 fully saturated rings. The van der Waals surface area contributed by atoms with Gasteiger partial charge in [0.15, 0.2) is 19.5 Å². The van der Waals surface area contributed by atoms with E-state index in [0.717, 1.165) is 52.4 Å². The lowest BCUT2D eigenvalue weighted by molar-refractivity contribution is -0.0364. The van der Waals surface area contributed by atoms with Crippen molar-refractivity contribution in [3.8, 4) is 0 Å². The van der Waals surface area contributed by atoms with Crippen LogP contribution >= 0.6 is 0 Å². The third-order valence-electron chi connectivity index (χ3n) is 5.36. The summed E-state index contributed by atoms with van der Waals surface area (Å²) in [5.74, 6) is 0. The second kappa shape index (κ2) is 20.8. The second-order valence-electron chi connectivity index (χ2n) is 9.75. The zero-order valence-corrected chi connectivity index (χ0v) is 24.7. The molecule has 0 spiro atoms. The largest absolute Gasteiger partial charge is 0.424 e. The summed E-state index contributed by atoms with van der Waals surface area (Å²) in [6, 6.07) is 2.63. The Balaban J connectivity index is 3.63. The molecule has 0 aromatic carbocycles. The molecule has 188 valence electrons. The van der Waals surface area contributed by atoms with Gasteiger partial charge in [-0.25, -0.2) is 0 Å². The highest BCUT2D eigenvalue weighted by molar-refractivity contribution is 6.27. The van der Waals surface area contributed by atoms with Crippen molar-refractivity contribution >= 4 is 19.5 Å². The smallest absolute Gasteiger partial charge is 0.161 e. The van der Waals surface area contributed by atoms with Crippen LogP contribution in [0.3, 0.4) is 0 Å². The number of hydrogen-bond donors (Lipinski definition) is 1. The van der Waals surface area contributed by atoms with Gasteiger partial charge in [0.05, 0.1) is 11.2 Å². The maximum Gasteiger partial charge on any atom is 0.161 e. The summed E-state index contributed by atoms with van der Waals surface area (Å²) < 4.78 is 23.3. The van der Waals surface area contributed by atoms with Gasteiger partial charge in [-0.1, -0.05) is 38.5 Å². The fraction of sp³-hybridized carbons (Fsp3) is 1.00. The van der Waals surface area contributed by atoms with Crippen LogP contribution in [-0.4, -0.2) is 70.2 Å². The van der Waals surface area contributed by atoms with Gasteiger partial charge >= 0.3 is 0 Å². The molecule has 0 aromatic rings.